The summed E-state index contributed by atoms with van der Waals surface area (Å²) in [5.41, 5.74) is 1.71. The molecule has 1 atom stereocenters. The predicted octanol–water partition coefficient (Wildman–Crippen LogP) is 2.03. The minimum atomic E-state index is -0.0260. The highest BCUT2D eigenvalue weighted by Crippen LogP contribution is 2.27. The SMILES string of the molecule is CC(C)c1ncc(N(C)C2CCSC2)c(CO)n1. The quantitative estimate of drug-likeness (QED) is 0.904. The van der Waals surface area contributed by atoms with Crippen molar-refractivity contribution in [3.63, 3.8) is 0 Å². The van der Waals surface area contributed by atoms with Crippen LogP contribution in [0, 0.1) is 0 Å². The van der Waals surface area contributed by atoms with Gasteiger partial charge in [-0.2, -0.15) is 11.8 Å². The summed E-state index contributed by atoms with van der Waals surface area (Å²) in [5, 5.41) is 9.49. The zero-order chi connectivity index (χ0) is 13.1. The molecule has 1 fully saturated rings. The Kier molecular flexibility index (Phi) is 4.45. The molecule has 1 aromatic rings. The fourth-order valence-corrected chi connectivity index (χ4v) is 3.41. The summed E-state index contributed by atoms with van der Waals surface area (Å²) in [5.74, 6) is 3.45. The van der Waals surface area contributed by atoms with Crippen molar-refractivity contribution in [1.29, 1.82) is 0 Å². The number of hydrogen-bond donors (Lipinski definition) is 1. The van der Waals surface area contributed by atoms with Gasteiger partial charge >= 0.3 is 0 Å². The Labute approximate surface area is 113 Å². The lowest BCUT2D eigenvalue weighted by Crippen LogP contribution is -2.32. The molecule has 1 aromatic heterocycles. The van der Waals surface area contributed by atoms with Crippen LogP contribution in [0.3, 0.4) is 0 Å². The molecule has 0 amide bonds. The summed E-state index contributed by atoms with van der Waals surface area (Å²) in [6.45, 7) is 4.10. The van der Waals surface area contributed by atoms with Crippen molar-refractivity contribution in [2.45, 2.75) is 38.8 Å². The summed E-state index contributed by atoms with van der Waals surface area (Å²) in [6.07, 6.45) is 3.05. The third kappa shape index (κ3) is 2.78. The Bertz CT molecular complexity index is 405. The summed E-state index contributed by atoms with van der Waals surface area (Å²) in [6, 6.07) is 0.536. The van der Waals surface area contributed by atoms with Gasteiger partial charge in [-0.15, -0.1) is 0 Å². The molecule has 1 saturated heterocycles. The van der Waals surface area contributed by atoms with Gasteiger partial charge in [0.15, 0.2) is 0 Å². The monoisotopic (exact) mass is 267 g/mol. The first-order chi connectivity index (χ1) is 8.63. The van der Waals surface area contributed by atoms with E-state index in [1.807, 2.05) is 18.0 Å². The highest BCUT2D eigenvalue weighted by molar-refractivity contribution is 7.99. The first kappa shape index (κ1) is 13.6. The van der Waals surface area contributed by atoms with Crippen LogP contribution >= 0.6 is 11.8 Å². The molecule has 2 rings (SSSR count). The lowest BCUT2D eigenvalue weighted by molar-refractivity contribution is 0.276. The smallest absolute Gasteiger partial charge is 0.131 e. The van der Waals surface area contributed by atoms with E-state index in [9.17, 15) is 5.11 Å². The molecule has 2 heterocycles. The van der Waals surface area contributed by atoms with E-state index in [-0.39, 0.29) is 12.5 Å². The molecule has 100 valence electrons. The van der Waals surface area contributed by atoms with Gasteiger partial charge in [0.25, 0.3) is 0 Å². The molecule has 0 spiro atoms. The van der Waals surface area contributed by atoms with Gasteiger partial charge in [0.05, 0.1) is 24.2 Å². The maximum Gasteiger partial charge on any atom is 0.131 e. The Balaban J connectivity index is 2.26. The summed E-state index contributed by atoms with van der Waals surface area (Å²) < 4.78 is 0. The van der Waals surface area contributed by atoms with Gasteiger partial charge in [0, 0.05) is 24.8 Å². The molecule has 1 aliphatic rings. The third-order valence-corrected chi connectivity index (χ3v) is 4.51. The molecule has 1 unspecified atom stereocenters. The Hall–Kier alpha value is -0.810. The number of hydrogen-bond acceptors (Lipinski definition) is 5. The normalized spacial score (nSPS) is 19.5. The second-order valence-corrected chi connectivity index (χ2v) is 6.15. The standard InChI is InChI=1S/C13H21N3OS/c1-9(2)13-14-6-12(11(7-17)15-13)16(3)10-4-5-18-8-10/h6,9-10,17H,4-5,7-8H2,1-3H3. The van der Waals surface area contributed by atoms with E-state index in [2.05, 4.69) is 35.8 Å². The number of aliphatic hydroxyl groups excluding tert-OH is 1. The minimum absolute atomic E-state index is 0.0260. The molecule has 0 radical (unpaired) electrons. The van der Waals surface area contributed by atoms with Crippen molar-refractivity contribution in [2.75, 3.05) is 23.5 Å². The van der Waals surface area contributed by atoms with Crippen LogP contribution in [0.1, 0.15) is 37.7 Å². The molecule has 0 bridgehead atoms. The molecule has 18 heavy (non-hydrogen) atoms. The van der Waals surface area contributed by atoms with E-state index in [1.54, 1.807) is 0 Å². The van der Waals surface area contributed by atoms with Crippen molar-refractivity contribution in [3.05, 3.63) is 17.7 Å². The van der Waals surface area contributed by atoms with Crippen LogP contribution in [0.25, 0.3) is 0 Å². The molecular formula is C13H21N3OS. The van der Waals surface area contributed by atoms with Crippen molar-refractivity contribution >= 4 is 17.4 Å². The zero-order valence-corrected chi connectivity index (χ0v) is 12.1. The second kappa shape index (κ2) is 5.89. The largest absolute Gasteiger partial charge is 0.390 e. The van der Waals surface area contributed by atoms with E-state index in [0.29, 0.717) is 6.04 Å². The first-order valence-corrected chi connectivity index (χ1v) is 7.56. The fraction of sp³-hybridized carbons (Fsp3) is 0.692. The molecule has 5 heteroatoms. The lowest BCUT2D eigenvalue weighted by Gasteiger charge is -2.27. The van der Waals surface area contributed by atoms with Gasteiger partial charge in [-0.1, -0.05) is 13.8 Å². The number of aliphatic hydroxyl groups is 1. The Morgan fingerprint density at radius 3 is 2.89 bits per heavy atom. The maximum atomic E-state index is 9.49. The van der Waals surface area contributed by atoms with Crippen molar-refractivity contribution in [3.8, 4) is 0 Å². The number of rotatable bonds is 4. The predicted molar refractivity (Wildman–Crippen MR) is 76.2 cm³/mol. The van der Waals surface area contributed by atoms with Crippen LogP contribution in [-0.2, 0) is 6.61 Å². The van der Waals surface area contributed by atoms with Gasteiger partial charge < -0.3 is 10.0 Å². The lowest BCUT2D eigenvalue weighted by atomic mass is 10.2. The summed E-state index contributed by atoms with van der Waals surface area (Å²) >= 11 is 1.98. The van der Waals surface area contributed by atoms with E-state index < -0.39 is 0 Å². The number of thioether (sulfide) groups is 1. The van der Waals surface area contributed by atoms with E-state index >= 15 is 0 Å². The van der Waals surface area contributed by atoms with Crippen LogP contribution < -0.4 is 4.90 Å². The topological polar surface area (TPSA) is 49.2 Å². The van der Waals surface area contributed by atoms with Gasteiger partial charge in [-0.05, 0) is 12.2 Å². The molecule has 0 aliphatic carbocycles. The summed E-state index contributed by atoms with van der Waals surface area (Å²) in [7, 11) is 2.07. The highest BCUT2D eigenvalue weighted by Gasteiger charge is 2.23. The number of nitrogens with zero attached hydrogens (tertiary/aromatic N) is 3. The van der Waals surface area contributed by atoms with Gasteiger partial charge in [0.2, 0.25) is 0 Å². The number of aromatic nitrogens is 2. The van der Waals surface area contributed by atoms with Crippen molar-refractivity contribution in [2.24, 2.45) is 0 Å². The Morgan fingerprint density at radius 2 is 2.33 bits per heavy atom. The molecule has 1 aliphatic heterocycles. The van der Waals surface area contributed by atoms with Gasteiger partial charge in [-0.25, -0.2) is 9.97 Å². The Morgan fingerprint density at radius 1 is 1.56 bits per heavy atom. The maximum absolute atomic E-state index is 9.49. The van der Waals surface area contributed by atoms with Crippen LogP contribution in [0.2, 0.25) is 0 Å². The molecule has 0 aromatic carbocycles. The van der Waals surface area contributed by atoms with Crippen LogP contribution in [-0.4, -0.2) is 39.7 Å². The second-order valence-electron chi connectivity index (χ2n) is 5.00. The molecule has 4 nitrogen and oxygen atoms in total. The minimum Gasteiger partial charge on any atom is -0.390 e. The molecular weight excluding hydrogens is 246 g/mol. The summed E-state index contributed by atoms with van der Waals surface area (Å²) in [4.78, 5) is 11.1. The van der Waals surface area contributed by atoms with Crippen molar-refractivity contribution in [1.82, 2.24) is 9.97 Å². The number of anilines is 1. The highest BCUT2D eigenvalue weighted by atomic mass is 32.2. The van der Waals surface area contributed by atoms with Gasteiger partial charge in [-0.3, -0.25) is 0 Å². The van der Waals surface area contributed by atoms with Crippen LogP contribution in [0.15, 0.2) is 6.20 Å². The molecule has 0 saturated carbocycles. The molecule has 1 N–H and O–H groups in total. The first-order valence-electron chi connectivity index (χ1n) is 6.40. The van der Waals surface area contributed by atoms with Crippen LogP contribution in [0.5, 0.6) is 0 Å². The van der Waals surface area contributed by atoms with Crippen molar-refractivity contribution < 1.29 is 5.11 Å². The zero-order valence-electron chi connectivity index (χ0n) is 11.3. The average Bonchev–Trinajstić information content (AvgIpc) is 2.90. The van der Waals surface area contributed by atoms with Gasteiger partial charge in [0.1, 0.15) is 5.82 Å². The van der Waals surface area contributed by atoms with E-state index in [4.69, 9.17) is 0 Å². The fourth-order valence-electron chi connectivity index (χ4n) is 2.14. The van der Waals surface area contributed by atoms with E-state index in [1.165, 1.54) is 12.2 Å². The third-order valence-electron chi connectivity index (χ3n) is 3.36. The van der Waals surface area contributed by atoms with Crippen LogP contribution in [0.4, 0.5) is 5.69 Å². The van der Waals surface area contributed by atoms with E-state index in [0.717, 1.165) is 23.0 Å². The average molecular weight is 267 g/mol.